The Kier molecular flexibility index (Phi) is 8.06. The molecule has 0 heterocycles. The van der Waals surface area contributed by atoms with E-state index >= 15 is 0 Å². The molecule has 7 heteroatoms. The van der Waals surface area contributed by atoms with Crippen molar-refractivity contribution in [1.82, 2.24) is 5.32 Å². The van der Waals surface area contributed by atoms with Crippen molar-refractivity contribution in [3.8, 4) is 0 Å². The molecule has 0 aliphatic heterocycles. The molecule has 1 aromatic carbocycles. The molecule has 148 valence electrons. The molecule has 0 unspecified atom stereocenters. The number of hydrogen-bond acceptors (Lipinski definition) is 3. The smallest absolute Gasteiger partial charge is 0.383 e. The number of alkyl halides is 3. The highest BCUT2D eigenvalue weighted by molar-refractivity contribution is 5.97. The van der Waals surface area contributed by atoms with Gasteiger partial charge in [0.2, 0.25) is 0 Å². The normalized spacial score (nSPS) is 15.0. The summed E-state index contributed by atoms with van der Waals surface area (Å²) in [6, 6.07) is 5.06. The lowest BCUT2D eigenvalue weighted by atomic mass is 9.91. The summed E-state index contributed by atoms with van der Waals surface area (Å²) in [5.74, 6) is -1.95. The number of amides is 1. The predicted molar refractivity (Wildman–Crippen MR) is 101 cm³/mol. The molecule has 0 fully saturated rings. The largest absolute Gasteiger partial charge is 0.471 e. The van der Waals surface area contributed by atoms with Crippen LogP contribution in [0, 0.1) is 0 Å². The molecule has 0 spiro atoms. The Morgan fingerprint density at radius 2 is 2.11 bits per heavy atom. The van der Waals surface area contributed by atoms with E-state index in [4.69, 9.17) is 4.74 Å². The topological polar surface area (TPSA) is 50.4 Å². The van der Waals surface area contributed by atoms with Crippen LogP contribution in [0.5, 0.6) is 0 Å². The Morgan fingerprint density at radius 3 is 2.78 bits per heavy atom. The predicted octanol–water partition coefficient (Wildman–Crippen LogP) is 4.39. The van der Waals surface area contributed by atoms with Crippen molar-refractivity contribution >= 4 is 23.2 Å². The van der Waals surface area contributed by atoms with E-state index in [1.165, 1.54) is 6.07 Å². The summed E-state index contributed by atoms with van der Waals surface area (Å²) in [4.78, 5) is 11.4. The van der Waals surface area contributed by atoms with E-state index in [1.54, 1.807) is 13.2 Å². The number of ether oxygens (including phenoxy) is 1. The highest BCUT2D eigenvalue weighted by Crippen LogP contribution is 2.33. The maximum absolute atomic E-state index is 12.6. The van der Waals surface area contributed by atoms with Gasteiger partial charge in [-0.3, -0.25) is 4.79 Å². The van der Waals surface area contributed by atoms with E-state index in [1.807, 2.05) is 29.6 Å². The molecule has 1 aromatic rings. The molecule has 1 aliphatic carbocycles. The fraction of sp³-hybridized carbons (Fsp3) is 0.450. The number of rotatable bonds is 8. The lowest BCUT2D eigenvalue weighted by Gasteiger charge is -2.18. The summed E-state index contributed by atoms with van der Waals surface area (Å²) in [6.45, 7) is 2.02. The van der Waals surface area contributed by atoms with Gasteiger partial charge in [0.05, 0.1) is 6.61 Å². The number of halogens is 3. The standard InChI is InChI=1S/C20H25F3N2O2/c1-27-13-12-24-11-5-6-15-9-10-18(25-19(26)20(21,22)23)17(14-15)16-7-3-2-4-8-16/h5-7,9-10,14,24H,2-4,8,11-13H2,1H3,(H,25,26). The third-order valence-electron chi connectivity index (χ3n) is 4.24. The molecule has 0 saturated heterocycles. The number of carbonyl (C=O) groups is 1. The minimum Gasteiger partial charge on any atom is -0.383 e. The highest BCUT2D eigenvalue weighted by Gasteiger charge is 2.39. The van der Waals surface area contributed by atoms with Gasteiger partial charge >= 0.3 is 12.1 Å². The SMILES string of the molecule is COCCNCC=Cc1ccc(NC(=O)C(F)(F)F)c(C2=CCCCC2)c1. The fourth-order valence-corrected chi connectivity index (χ4v) is 2.87. The summed E-state index contributed by atoms with van der Waals surface area (Å²) in [5, 5.41) is 5.19. The highest BCUT2D eigenvalue weighted by atomic mass is 19.4. The number of hydrogen-bond donors (Lipinski definition) is 2. The summed E-state index contributed by atoms with van der Waals surface area (Å²) in [7, 11) is 1.64. The second-order valence-corrected chi connectivity index (χ2v) is 6.33. The third kappa shape index (κ3) is 6.84. The molecule has 4 nitrogen and oxygen atoms in total. The van der Waals surface area contributed by atoms with Crippen LogP contribution >= 0.6 is 0 Å². The van der Waals surface area contributed by atoms with Crippen LogP contribution < -0.4 is 10.6 Å². The Labute approximate surface area is 157 Å². The van der Waals surface area contributed by atoms with Crippen LogP contribution in [0.2, 0.25) is 0 Å². The van der Waals surface area contributed by atoms with Gasteiger partial charge in [-0.25, -0.2) is 0 Å². The van der Waals surface area contributed by atoms with Gasteiger partial charge in [0.25, 0.3) is 0 Å². The summed E-state index contributed by atoms with van der Waals surface area (Å²) < 4.78 is 42.8. The van der Waals surface area contributed by atoms with Gasteiger partial charge < -0.3 is 15.4 Å². The first-order valence-corrected chi connectivity index (χ1v) is 8.99. The molecule has 2 rings (SSSR count). The van der Waals surface area contributed by atoms with Crippen molar-refractivity contribution < 1.29 is 22.7 Å². The molecule has 0 bridgehead atoms. The molecular formula is C20H25F3N2O2. The van der Waals surface area contributed by atoms with Gasteiger partial charge in [-0.2, -0.15) is 13.2 Å². The Hall–Kier alpha value is -2.12. The van der Waals surface area contributed by atoms with Crippen molar-refractivity contribution in [3.63, 3.8) is 0 Å². The molecule has 1 amide bonds. The quantitative estimate of drug-likeness (QED) is 0.656. The van der Waals surface area contributed by atoms with Gasteiger partial charge in [0.15, 0.2) is 0 Å². The van der Waals surface area contributed by atoms with E-state index in [2.05, 4.69) is 5.32 Å². The number of anilines is 1. The number of methoxy groups -OCH3 is 1. The van der Waals surface area contributed by atoms with Crippen LogP contribution in [0.1, 0.15) is 36.8 Å². The van der Waals surface area contributed by atoms with Crippen LogP contribution in [0.3, 0.4) is 0 Å². The van der Waals surface area contributed by atoms with E-state index in [9.17, 15) is 18.0 Å². The van der Waals surface area contributed by atoms with Gasteiger partial charge in [-0.05, 0) is 49.0 Å². The van der Waals surface area contributed by atoms with Crippen molar-refractivity contribution in [2.75, 3.05) is 32.1 Å². The molecule has 1 aliphatic rings. The molecule has 0 radical (unpaired) electrons. The zero-order chi connectivity index (χ0) is 19.7. The third-order valence-corrected chi connectivity index (χ3v) is 4.24. The van der Waals surface area contributed by atoms with E-state index < -0.39 is 12.1 Å². The van der Waals surface area contributed by atoms with Crippen LogP contribution in [0.25, 0.3) is 11.6 Å². The Morgan fingerprint density at radius 1 is 1.30 bits per heavy atom. The lowest BCUT2D eigenvalue weighted by Crippen LogP contribution is -2.30. The number of carbonyl (C=O) groups excluding carboxylic acids is 1. The maximum Gasteiger partial charge on any atom is 0.471 e. The van der Waals surface area contributed by atoms with Crippen LogP contribution in [0.15, 0.2) is 30.4 Å². The summed E-state index contributed by atoms with van der Waals surface area (Å²) >= 11 is 0. The zero-order valence-corrected chi connectivity index (χ0v) is 15.4. The van der Waals surface area contributed by atoms with Gasteiger partial charge in [0.1, 0.15) is 0 Å². The van der Waals surface area contributed by atoms with Gasteiger partial charge in [-0.1, -0.05) is 24.3 Å². The number of nitrogens with one attached hydrogen (secondary N) is 2. The minimum atomic E-state index is -4.91. The molecule has 0 atom stereocenters. The molecule has 0 saturated carbocycles. The van der Waals surface area contributed by atoms with Crippen molar-refractivity contribution in [2.24, 2.45) is 0 Å². The van der Waals surface area contributed by atoms with Crippen molar-refractivity contribution in [1.29, 1.82) is 0 Å². The molecular weight excluding hydrogens is 357 g/mol. The van der Waals surface area contributed by atoms with E-state index in [-0.39, 0.29) is 5.69 Å². The Balaban J connectivity index is 2.18. The van der Waals surface area contributed by atoms with Gasteiger partial charge in [-0.15, -0.1) is 0 Å². The van der Waals surface area contributed by atoms with E-state index in [0.717, 1.165) is 43.4 Å². The monoisotopic (exact) mass is 382 g/mol. The van der Waals surface area contributed by atoms with Crippen molar-refractivity contribution in [2.45, 2.75) is 31.9 Å². The average Bonchev–Trinajstić information content (AvgIpc) is 2.65. The molecule has 2 N–H and O–H groups in total. The minimum absolute atomic E-state index is 0.195. The van der Waals surface area contributed by atoms with Crippen molar-refractivity contribution in [3.05, 3.63) is 41.5 Å². The van der Waals surface area contributed by atoms with Crippen LogP contribution in [0.4, 0.5) is 18.9 Å². The van der Waals surface area contributed by atoms with Gasteiger partial charge in [0, 0.05) is 31.5 Å². The van der Waals surface area contributed by atoms with E-state index in [0.29, 0.717) is 18.7 Å². The summed E-state index contributed by atoms with van der Waals surface area (Å²) in [6.07, 6.45) is 4.72. The average molecular weight is 382 g/mol. The Bertz CT molecular complexity index is 697. The first-order chi connectivity index (χ1) is 12.9. The molecule has 0 aromatic heterocycles. The lowest BCUT2D eigenvalue weighted by molar-refractivity contribution is -0.167. The zero-order valence-electron chi connectivity index (χ0n) is 15.4. The summed E-state index contributed by atoms with van der Waals surface area (Å²) in [5.41, 5.74) is 2.70. The second-order valence-electron chi connectivity index (χ2n) is 6.33. The maximum atomic E-state index is 12.6. The fourth-order valence-electron chi connectivity index (χ4n) is 2.87. The van der Waals surface area contributed by atoms with Crippen LogP contribution in [-0.2, 0) is 9.53 Å². The first kappa shape index (κ1) is 21.2. The first-order valence-electron chi connectivity index (χ1n) is 8.99. The molecule has 27 heavy (non-hydrogen) atoms. The second kappa shape index (κ2) is 10.3. The number of allylic oxidation sites excluding steroid dienone is 2. The number of benzene rings is 1. The van der Waals surface area contributed by atoms with Crippen LogP contribution in [-0.4, -0.2) is 38.9 Å².